The van der Waals surface area contributed by atoms with Crippen LogP contribution in [0.25, 0.3) is 0 Å². The molecule has 1 aromatic carbocycles. The molecule has 0 aliphatic carbocycles. The van der Waals surface area contributed by atoms with Gasteiger partial charge in [-0.3, -0.25) is 0 Å². The van der Waals surface area contributed by atoms with Gasteiger partial charge in [-0.15, -0.1) is 0 Å². The zero-order chi connectivity index (χ0) is 19.8. The Balaban J connectivity index is 1.83. The Labute approximate surface area is 163 Å². The van der Waals surface area contributed by atoms with Crippen molar-refractivity contribution in [2.24, 2.45) is 4.99 Å². The summed E-state index contributed by atoms with van der Waals surface area (Å²) < 4.78 is 41.2. The summed E-state index contributed by atoms with van der Waals surface area (Å²) in [6, 6.07) is 7.29. The minimum absolute atomic E-state index is 0.0521. The van der Waals surface area contributed by atoms with Gasteiger partial charge in [-0.05, 0) is 43.6 Å². The topological polar surface area (TPSA) is 45.7 Å². The van der Waals surface area contributed by atoms with E-state index in [1.807, 2.05) is 30.8 Å². The number of guanidine groups is 1. The number of thioether (sulfide) groups is 1. The molecule has 0 spiro atoms. The van der Waals surface area contributed by atoms with E-state index in [1.165, 1.54) is 18.6 Å². The smallest absolute Gasteiger partial charge is 0.367 e. The van der Waals surface area contributed by atoms with Crippen molar-refractivity contribution in [3.05, 3.63) is 35.4 Å². The highest BCUT2D eigenvalue weighted by Gasteiger charge is 2.29. The van der Waals surface area contributed by atoms with E-state index in [1.54, 1.807) is 12.1 Å². The SMILES string of the molecule is CCNC(=NCc1ccc(COCC(F)(F)F)cc1)NCC1(C)CCCS1. The third-order valence-corrected chi connectivity index (χ3v) is 5.79. The molecule has 0 saturated carbocycles. The number of alkyl halides is 3. The van der Waals surface area contributed by atoms with Crippen LogP contribution >= 0.6 is 11.8 Å². The predicted molar refractivity (Wildman–Crippen MR) is 105 cm³/mol. The van der Waals surface area contributed by atoms with Crippen molar-refractivity contribution in [3.8, 4) is 0 Å². The molecule has 1 unspecified atom stereocenters. The van der Waals surface area contributed by atoms with Gasteiger partial charge in [0.05, 0.1) is 13.2 Å². The quantitative estimate of drug-likeness (QED) is 0.507. The molecule has 1 aliphatic heterocycles. The average molecular weight is 404 g/mol. The van der Waals surface area contributed by atoms with E-state index in [2.05, 4.69) is 27.3 Å². The van der Waals surface area contributed by atoms with Gasteiger partial charge in [-0.25, -0.2) is 4.99 Å². The Kier molecular flexibility index (Phi) is 8.28. The summed E-state index contributed by atoms with van der Waals surface area (Å²) in [4.78, 5) is 4.61. The summed E-state index contributed by atoms with van der Waals surface area (Å²) in [5, 5.41) is 6.67. The van der Waals surface area contributed by atoms with Crippen molar-refractivity contribution in [3.63, 3.8) is 0 Å². The molecule has 152 valence electrons. The largest absolute Gasteiger partial charge is 0.411 e. The molecule has 2 N–H and O–H groups in total. The summed E-state index contributed by atoms with van der Waals surface area (Å²) in [5.74, 6) is 1.99. The summed E-state index contributed by atoms with van der Waals surface area (Å²) in [7, 11) is 0. The Morgan fingerprint density at radius 1 is 1.22 bits per heavy atom. The molecule has 8 heteroatoms. The second-order valence-corrected chi connectivity index (χ2v) is 8.56. The van der Waals surface area contributed by atoms with Gasteiger partial charge in [-0.1, -0.05) is 24.3 Å². The first kappa shape index (κ1) is 21.9. The first-order valence-electron chi connectivity index (χ1n) is 9.18. The fourth-order valence-electron chi connectivity index (χ4n) is 2.78. The second-order valence-electron chi connectivity index (χ2n) is 6.88. The lowest BCUT2D eigenvalue weighted by Crippen LogP contribution is -2.43. The Bertz CT molecular complexity index is 599. The maximum atomic E-state index is 12.1. The van der Waals surface area contributed by atoms with Gasteiger partial charge in [0.25, 0.3) is 0 Å². The van der Waals surface area contributed by atoms with Gasteiger partial charge in [0.1, 0.15) is 6.61 Å². The summed E-state index contributed by atoms with van der Waals surface area (Å²) >= 11 is 2.00. The normalized spacial score (nSPS) is 20.7. The Hall–Kier alpha value is -1.41. The van der Waals surface area contributed by atoms with Gasteiger partial charge in [0.15, 0.2) is 5.96 Å². The zero-order valence-corrected chi connectivity index (χ0v) is 16.7. The molecule has 27 heavy (non-hydrogen) atoms. The lowest BCUT2D eigenvalue weighted by Gasteiger charge is -2.24. The molecule has 1 fully saturated rings. The van der Waals surface area contributed by atoms with Crippen LogP contribution in [0, 0.1) is 0 Å². The third kappa shape index (κ3) is 8.43. The number of nitrogens with zero attached hydrogens (tertiary/aromatic N) is 1. The second kappa shape index (κ2) is 10.2. The number of hydrogen-bond donors (Lipinski definition) is 2. The first-order valence-corrected chi connectivity index (χ1v) is 10.2. The van der Waals surface area contributed by atoms with Crippen LogP contribution in [0.1, 0.15) is 37.8 Å². The van der Waals surface area contributed by atoms with Crippen LogP contribution in [0.4, 0.5) is 13.2 Å². The van der Waals surface area contributed by atoms with Crippen LogP contribution < -0.4 is 10.6 Å². The highest BCUT2D eigenvalue weighted by atomic mass is 32.2. The van der Waals surface area contributed by atoms with Gasteiger partial charge in [0.2, 0.25) is 0 Å². The highest BCUT2D eigenvalue weighted by Crippen LogP contribution is 2.36. The van der Waals surface area contributed by atoms with E-state index >= 15 is 0 Å². The van der Waals surface area contributed by atoms with Gasteiger partial charge < -0.3 is 15.4 Å². The van der Waals surface area contributed by atoms with Crippen molar-refractivity contribution in [2.45, 2.75) is 50.8 Å². The molecule has 0 aromatic heterocycles. The molecule has 1 heterocycles. The van der Waals surface area contributed by atoms with E-state index in [0.717, 1.165) is 24.6 Å². The van der Waals surface area contributed by atoms with Crippen molar-refractivity contribution >= 4 is 17.7 Å². The van der Waals surface area contributed by atoms with E-state index < -0.39 is 12.8 Å². The maximum Gasteiger partial charge on any atom is 0.411 e. The first-order chi connectivity index (χ1) is 12.8. The number of aliphatic imine (C=N–C) groups is 1. The zero-order valence-electron chi connectivity index (χ0n) is 15.9. The maximum absolute atomic E-state index is 12.1. The Morgan fingerprint density at radius 3 is 2.52 bits per heavy atom. The van der Waals surface area contributed by atoms with Crippen molar-refractivity contribution in [1.29, 1.82) is 0 Å². The predicted octanol–water partition coefficient (Wildman–Crippen LogP) is 4.11. The Morgan fingerprint density at radius 2 is 1.93 bits per heavy atom. The molecule has 0 amide bonds. The molecule has 0 radical (unpaired) electrons. The lowest BCUT2D eigenvalue weighted by atomic mass is 10.1. The fourth-order valence-corrected chi connectivity index (χ4v) is 4.03. The van der Waals surface area contributed by atoms with Crippen LogP contribution in [0.15, 0.2) is 29.3 Å². The summed E-state index contributed by atoms with van der Waals surface area (Å²) in [6.45, 7) is 5.18. The molecule has 0 bridgehead atoms. The molecule has 1 aliphatic rings. The molecule has 1 atom stereocenters. The lowest BCUT2D eigenvalue weighted by molar-refractivity contribution is -0.176. The number of rotatable bonds is 8. The third-order valence-electron chi connectivity index (χ3n) is 4.25. The van der Waals surface area contributed by atoms with Crippen molar-refractivity contribution < 1.29 is 17.9 Å². The summed E-state index contributed by atoms with van der Waals surface area (Å²) in [6.07, 6.45) is -1.82. The standard InChI is InChI=1S/C19H28F3N3OS/c1-3-23-17(25-13-18(2)9-4-10-27-18)24-11-15-5-7-16(8-6-15)12-26-14-19(20,21)22/h5-8H,3-4,9-14H2,1-2H3,(H2,23,24,25). The minimum atomic E-state index is -4.29. The van der Waals surface area contributed by atoms with Gasteiger partial charge in [-0.2, -0.15) is 24.9 Å². The minimum Gasteiger partial charge on any atom is -0.367 e. The molecule has 1 aromatic rings. The van der Waals surface area contributed by atoms with Gasteiger partial charge in [0, 0.05) is 17.8 Å². The number of benzene rings is 1. The molecular formula is C19H28F3N3OS. The number of halogens is 3. The number of ether oxygens (including phenoxy) is 1. The van der Waals surface area contributed by atoms with E-state index in [0.29, 0.717) is 12.1 Å². The molecule has 1 saturated heterocycles. The van der Waals surface area contributed by atoms with E-state index in [4.69, 9.17) is 0 Å². The average Bonchev–Trinajstić information content (AvgIpc) is 3.04. The highest BCUT2D eigenvalue weighted by molar-refractivity contribution is 8.00. The van der Waals surface area contributed by atoms with Crippen LogP contribution in [0.2, 0.25) is 0 Å². The molecular weight excluding hydrogens is 375 g/mol. The molecule has 4 nitrogen and oxygen atoms in total. The van der Waals surface area contributed by atoms with Crippen LogP contribution in [0.3, 0.4) is 0 Å². The van der Waals surface area contributed by atoms with Gasteiger partial charge >= 0.3 is 6.18 Å². The monoisotopic (exact) mass is 403 g/mol. The van der Waals surface area contributed by atoms with Crippen LogP contribution in [-0.2, 0) is 17.9 Å². The number of hydrogen-bond acceptors (Lipinski definition) is 3. The van der Waals surface area contributed by atoms with E-state index in [9.17, 15) is 13.2 Å². The van der Waals surface area contributed by atoms with Crippen LogP contribution in [-0.4, -0.2) is 42.3 Å². The fraction of sp³-hybridized carbons (Fsp3) is 0.632. The van der Waals surface area contributed by atoms with E-state index in [-0.39, 0.29) is 11.4 Å². The van der Waals surface area contributed by atoms with Crippen LogP contribution in [0.5, 0.6) is 0 Å². The summed E-state index contributed by atoms with van der Waals surface area (Å²) in [5.41, 5.74) is 1.71. The number of nitrogens with one attached hydrogen (secondary N) is 2. The molecule has 2 rings (SSSR count). The van der Waals surface area contributed by atoms with Crippen molar-refractivity contribution in [1.82, 2.24) is 10.6 Å². The van der Waals surface area contributed by atoms with Crippen molar-refractivity contribution in [2.75, 3.05) is 25.4 Å².